The Labute approximate surface area is 161 Å². The summed E-state index contributed by atoms with van der Waals surface area (Å²) in [5.74, 6) is 0.638. The van der Waals surface area contributed by atoms with Crippen molar-refractivity contribution in [3.8, 4) is 28.7 Å². The van der Waals surface area contributed by atoms with E-state index in [2.05, 4.69) is 5.32 Å². The Morgan fingerprint density at radius 1 is 0.893 bits per heavy atom. The third-order valence-corrected chi connectivity index (χ3v) is 4.40. The number of carbonyl (C=O) groups is 2. The number of hydrogen-bond acceptors (Lipinski definition) is 7. The highest BCUT2D eigenvalue weighted by atomic mass is 16.5. The van der Waals surface area contributed by atoms with Gasteiger partial charge in [0.15, 0.2) is 23.0 Å². The van der Waals surface area contributed by atoms with Gasteiger partial charge in [-0.25, -0.2) is 4.79 Å². The van der Waals surface area contributed by atoms with E-state index in [0.29, 0.717) is 28.5 Å². The number of carbonyl (C=O) groups excluding carboxylic acids is 2. The number of amides is 3. The molecular formula is C19H20N2O7. The number of imide groups is 1. The van der Waals surface area contributed by atoms with Crippen LogP contribution in [0.3, 0.4) is 0 Å². The molecule has 1 unspecified atom stereocenters. The molecule has 0 aromatic heterocycles. The lowest BCUT2D eigenvalue weighted by atomic mass is 10.0. The fraction of sp³-hybridized carbons (Fsp3) is 0.263. The van der Waals surface area contributed by atoms with E-state index < -0.39 is 18.0 Å². The molecule has 1 aliphatic heterocycles. The molecule has 28 heavy (non-hydrogen) atoms. The maximum Gasteiger partial charge on any atom is 0.329 e. The third-order valence-electron chi connectivity index (χ3n) is 4.40. The summed E-state index contributed by atoms with van der Waals surface area (Å²) in [6.07, 6.45) is 0. The number of phenols is 1. The van der Waals surface area contributed by atoms with Gasteiger partial charge >= 0.3 is 6.03 Å². The molecule has 0 radical (unpaired) electrons. The van der Waals surface area contributed by atoms with E-state index in [4.69, 9.17) is 18.9 Å². The first-order chi connectivity index (χ1) is 13.4. The molecule has 3 rings (SSSR count). The van der Waals surface area contributed by atoms with Crippen LogP contribution < -0.4 is 29.2 Å². The molecule has 0 spiro atoms. The van der Waals surface area contributed by atoms with Gasteiger partial charge in [-0.05, 0) is 29.8 Å². The fourth-order valence-corrected chi connectivity index (χ4v) is 3.12. The summed E-state index contributed by atoms with van der Waals surface area (Å²) in [6, 6.07) is 6.01. The van der Waals surface area contributed by atoms with Crippen LogP contribution in [-0.2, 0) is 4.79 Å². The number of anilines is 1. The summed E-state index contributed by atoms with van der Waals surface area (Å²) in [5, 5.41) is 12.4. The Bertz CT molecular complexity index is 903. The molecule has 9 nitrogen and oxygen atoms in total. The minimum Gasteiger partial charge on any atom is -0.504 e. The van der Waals surface area contributed by atoms with Crippen molar-refractivity contribution in [3.63, 3.8) is 0 Å². The second-order valence-electron chi connectivity index (χ2n) is 5.88. The van der Waals surface area contributed by atoms with E-state index >= 15 is 0 Å². The van der Waals surface area contributed by atoms with Crippen molar-refractivity contribution >= 4 is 17.6 Å². The maximum absolute atomic E-state index is 12.6. The lowest BCUT2D eigenvalue weighted by Crippen LogP contribution is -2.29. The average molecular weight is 388 g/mol. The van der Waals surface area contributed by atoms with E-state index in [1.807, 2.05) is 0 Å². The summed E-state index contributed by atoms with van der Waals surface area (Å²) in [7, 11) is 5.80. The molecule has 1 heterocycles. The van der Waals surface area contributed by atoms with Gasteiger partial charge in [-0.15, -0.1) is 0 Å². The zero-order chi connectivity index (χ0) is 20.4. The van der Waals surface area contributed by atoms with Crippen LogP contribution in [0.1, 0.15) is 11.6 Å². The zero-order valence-electron chi connectivity index (χ0n) is 15.8. The second-order valence-corrected chi connectivity index (χ2v) is 5.88. The summed E-state index contributed by atoms with van der Waals surface area (Å²) < 4.78 is 21.0. The fourth-order valence-electron chi connectivity index (χ4n) is 3.12. The molecule has 0 bridgehead atoms. The van der Waals surface area contributed by atoms with Gasteiger partial charge in [0.1, 0.15) is 6.04 Å². The van der Waals surface area contributed by atoms with Crippen LogP contribution in [0.25, 0.3) is 0 Å². The highest BCUT2D eigenvalue weighted by Gasteiger charge is 2.41. The van der Waals surface area contributed by atoms with Crippen LogP contribution in [-0.4, -0.2) is 45.5 Å². The monoisotopic (exact) mass is 388 g/mol. The maximum atomic E-state index is 12.6. The van der Waals surface area contributed by atoms with Crippen molar-refractivity contribution in [2.24, 2.45) is 0 Å². The van der Waals surface area contributed by atoms with Crippen LogP contribution in [0.15, 0.2) is 30.3 Å². The molecule has 2 aromatic rings. The van der Waals surface area contributed by atoms with Crippen LogP contribution in [0, 0.1) is 0 Å². The minimum absolute atomic E-state index is 0.157. The van der Waals surface area contributed by atoms with Crippen molar-refractivity contribution in [2.45, 2.75) is 6.04 Å². The van der Waals surface area contributed by atoms with Crippen molar-refractivity contribution in [1.82, 2.24) is 5.32 Å². The van der Waals surface area contributed by atoms with Gasteiger partial charge in [-0.2, -0.15) is 0 Å². The first-order valence-electron chi connectivity index (χ1n) is 8.26. The van der Waals surface area contributed by atoms with Gasteiger partial charge in [-0.3, -0.25) is 15.0 Å². The lowest BCUT2D eigenvalue weighted by Gasteiger charge is -2.24. The second kappa shape index (κ2) is 7.55. The molecule has 1 saturated heterocycles. The van der Waals surface area contributed by atoms with Crippen LogP contribution in [0.4, 0.5) is 10.5 Å². The van der Waals surface area contributed by atoms with Gasteiger partial charge in [0.05, 0.1) is 34.1 Å². The van der Waals surface area contributed by atoms with E-state index in [1.54, 1.807) is 18.2 Å². The van der Waals surface area contributed by atoms with E-state index in [1.165, 1.54) is 45.5 Å². The average Bonchev–Trinajstić information content (AvgIpc) is 3.00. The number of nitrogens with one attached hydrogen (secondary N) is 1. The highest BCUT2D eigenvalue weighted by Crippen LogP contribution is 2.43. The Morgan fingerprint density at radius 2 is 1.50 bits per heavy atom. The molecule has 9 heteroatoms. The van der Waals surface area contributed by atoms with E-state index in [0.717, 1.165) is 0 Å². The Hall–Kier alpha value is -3.62. The minimum atomic E-state index is -0.992. The molecule has 2 aromatic carbocycles. The molecule has 1 aliphatic rings. The predicted molar refractivity (Wildman–Crippen MR) is 99.5 cm³/mol. The van der Waals surface area contributed by atoms with Gasteiger partial charge in [0, 0.05) is 6.07 Å². The molecule has 3 amide bonds. The number of nitrogens with zero attached hydrogens (tertiary/aromatic N) is 1. The predicted octanol–water partition coefficient (Wildman–Crippen LogP) is 2.22. The van der Waals surface area contributed by atoms with Gasteiger partial charge in [0.2, 0.25) is 5.75 Å². The number of ether oxygens (including phenoxy) is 4. The SMILES string of the molecule is COc1ccc(N2C(=O)NC(=O)C2c2cc(OC)c(OC)c(OC)c2)cc1O. The van der Waals surface area contributed by atoms with Crippen LogP contribution >= 0.6 is 0 Å². The Balaban J connectivity index is 2.12. The van der Waals surface area contributed by atoms with Gasteiger partial charge < -0.3 is 24.1 Å². The molecule has 1 atom stereocenters. The lowest BCUT2D eigenvalue weighted by molar-refractivity contribution is -0.119. The summed E-state index contributed by atoms with van der Waals surface area (Å²) in [6.45, 7) is 0. The zero-order valence-corrected chi connectivity index (χ0v) is 15.8. The number of aromatic hydroxyl groups is 1. The van der Waals surface area contributed by atoms with E-state index in [9.17, 15) is 14.7 Å². The number of hydrogen-bond donors (Lipinski definition) is 2. The topological polar surface area (TPSA) is 107 Å². The molecule has 148 valence electrons. The first kappa shape index (κ1) is 19.2. The Morgan fingerprint density at radius 3 is 2.00 bits per heavy atom. The Kier molecular flexibility index (Phi) is 5.16. The van der Waals surface area contributed by atoms with Gasteiger partial charge in [-0.1, -0.05) is 0 Å². The largest absolute Gasteiger partial charge is 0.504 e. The van der Waals surface area contributed by atoms with Crippen LogP contribution in [0.2, 0.25) is 0 Å². The van der Waals surface area contributed by atoms with Crippen LogP contribution in [0.5, 0.6) is 28.7 Å². The number of urea groups is 1. The smallest absolute Gasteiger partial charge is 0.329 e. The molecule has 0 aliphatic carbocycles. The highest BCUT2D eigenvalue weighted by molar-refractivity contribution is 6.14. The molecule has 0 saturated carbocycles. The van der Waals surface area contributed by atoms with Crippen molar-refractivity contribution in [1.29, 1.82) is 0 Å². The van der Waals surface area contributed by atoms with Crippen molar-refractivity contribution < 1.29 is 33.6 Å². The van der Waals surface area contributed by atoms with Crippen molar-refractivity contribution in [3.05, 3.63) is 35.9 Å². The van der Waals surface area contributed by atoms with Crippen molar-refractivity contribution in [2.75, 3.05) is 33.3 Å². The summed E-state index contributed by atoms with van der Waals surface area (Å²) in [4.78, 5) is 26.3. The normalized spacial score (nSPS) is 16.0. The standard InChI is InChI=1S/C19H20N2O7/c1-25-13-6-5-11(9-12(13)22)21-16(18(23)20-19(21)24)10-7-14(26-2)17(28-4)15(8-10)27-3/h5-9,16,22H,1-4H3,(H,20,23,24). The van der Waals surface area contributed by atoms with Gasteiger partial charge in [0.25, 0.3) is 5.91 Å². The third kappa shape index (κ3) is 3.11. The van der Waals surface area contributed by atoms with E-state index in [-0.39, 0.29) is 11.5 Å². The summed E-state index contributed by atoms with van der Waals surface area (Å²) in [5.41, 5.74) is 0.772. The number of methoxy groups -OCH3 is 4. The first-order valence-corrected chi connectivity index (χ1v) is 8.26. The molecule has 2 N–H and O–H groups in total. The summed E-state index contributed by atoms with van der Waals surface area (Å²) >= 11 is 0. The quantitative estimate of drug-likeness (QED) is 0.731. The number of rotatable bonds is 6. The molecule has 1 fully saturated rings. The number of benzene rings is 2. The molecular weight excluding hydrogens is 368 g/mol. The number of phenolic OH excluding ortho intramolecular Hbond substituents is 1.